The van der Waals surface area contributed by atoms with Gasteiger partial charge in [-0.15, -0.1) is 0 Å². The summed E-state index contributed by atoms with van der Waals surface area (Å²) in [5.74, 6) is -7.99. The Morgan fingerprint density at radius 1 is 0.767 bits per heavy atom. The van der Waals surface area contributed by atoms with Crippen LogP contribution >= 0.6 is 21.6 Å². The summed E-state index contributed by atoms with van der Waals surface area (Å²) in [5.41, 5.74) is 12.5. The van der Waals surface area contributed by atoms with E-state index in [-0.39, 0.29) is 43.2 Å². The predicted octanol–water partition coefficient (Wildman–Crippen LogP) is -2.59. The first-order valence-corrected chi connectivity index (χ1v) is 22.4. The first-order chi connectivity index (χ1) is 28.6. The van der Waals surface area contributed by atoms with E-state index in [1.807, 2.05) is 30.3 Å². The summed E-state index contributed by atoms with van der Waals surface area (Å²) in [6.07, 6.45) is 3.05. The molecule has 20 nitrogen and oxygen atoms in total. The molecule has 8 amide bonds. The van der Waals surface area contributed by atoms with Crippen LogP contribution in [0.3, 0.4) is 0 Å². The Bertz CT molecular complexity index is 1720. The topological polar surface area (TPSA) is 322 Å². The quantitative estimate of drug-likeness (QED) is 0.120. The number of fused-ring (bicyclic) bond motifs is 1. The van der Waals surface area contributed by atoms with Crippen LogP contribution in [0.25, 0.3) is 0 Å². The number of benzene rings is 1. The van der Waals surface area contributed by atoms with Crippen LogP contribution in [-0.4, -0.2) is 142 Å². The van der Waals surface area contributed by atoms with Gasteiger partial charge in [0.1, 0.15) is 30.2 Å². The number of nitrogens with one attached hydrogen (secondary N) is 6. The van der Waals surface area contributed by atoms with Crippen molar-refractivity contribution in [3.63, 3.8) is 0 Å². The molecule has 60 heavy (non-hydrogen) atoms. The minimum atomic E-state index is -1.62. The van der Waals surface area contributed by atoms with E-state index < -0.39 is 115 Å². The van der Waals surface area contributed by atoms with Crippen molar-refractivity contribution in [1.29, 1.82) is 0 Å². The van der Waals surface area contributed by atoms with Gasteiger partial charge in [0.2, 0.25) is 47.3 Å². The molecule has 3 aliphatic rings. The first kappa shape index (κ1) is 47.7. The van der Waals surface area contributed by atoms with Crippen molar-refractivity contribution in [3.8, 4) is 0 Å². The van der Waals surface area contributed by atoms with Crippen molar-refractivity contribution < 1.29 is 53.4 Å². The Morgan fingerprint density at radius 2 is 1.42 bits per heavy atom. The van der Waals surface area contributed by atoms with Crippen LogP contribution in [0.2, 0.25) is 0 Å². The zero-order chi connectivity index (χ0) is 43.8. The number of nitrogens with two attached hydrogens (primary N) is 2. The van der Waals surface area contributed by atoms with Gasteiger partial charge in [-0.05, 0) is 30.7 Å². The van der Waals surface area contributed by atoms with E-state index in [0.29, 0.717) is 6.42 Å². The molecule has 2 heterocycles. The number of primary amides is 1. The van der Waals surface area contributed by atoms with E-state index in [1.165, 1.54) is 0 Å². The van der Waals surface area contributed by atoms with Crippen molar-refractivity contribution in [2.24, 2.45) is 17.4 Å². The third-order valence-electron chi connectivity index (χ3n) is 10.5. The van der Waals surface area contributed by atoms with Crippen molar-refractivity contribution in [2.75, 3.05) is 31.1 Å². The summed E-state index contributed by atoms with van der Waals surface area (Å²) < 4.78 is 0. The molecule has 1 aromatic rings. The van der Waals surface area contributed by atoms with Crippen LogP contribution < -0.4 is 43.4 Å². The molecule has 330 valence electrons. The monoisotopic (exact) mass is 877 g/mol. The van der Waals surface area contributed by atoms with Crippen molar-refractivity contribution in [1.82, 2.24) is 36.8 Å². The molecule has 4 rings (SSSR count). The summed E-state index contributed by atoms with van der Waals surface area (Å²) >= 11 is 0. The second-order valence-corrected chi connectivity index (χ2v) is 17.7. The minimum Gasteiger partial charge on any atom is -0.481 e. The average Bonchev–Trinajstić information content (AvgIpc) is 3.62. The predicted molar refractivity (Wildman–Crippen MR) is 220 cm³/mol. The van der Waals surface area contributed by atoms with Gasteiger partial charge in [-0.25, -0.2) is 0 Å². The molecule has 2 saturated heterocycles. The number of carbonyl (C=O) groups is 9. The number of hydrogen-bond acceptors (Lipinski definition) is 13. The molecule has 1 unspecified atom stereocenters. The van der Waals surface area contributed by atoms with Gasteiger partial charge >= 0.3 is 5.97 Å². The lowest BCUT2D eigenvalue weighted by molar-refractivity contribution is -0.141. The van der Waals surface area contributed by atoms with Crippen LogP contribution in [0.15, 0.2) is 30.3 Å². The van der Waals surface area contributed by atoms with Crippen LogP contribution in [0, 0.1) is 5.92 Å². The second-order valence-electron chi connectivity index (χ2n) is 15.1. The molecule has 1 aliphatic carbocycles. The summed E-state index contributed by atoms with van der Waals surface area (Å²) in [4.78, 5) is 119. The SMILES string of the molecule is NC(=O)[C@H]1CSSC[C@@H](N)C(=O)N[C@H](CC(=O)O)C(=O)NCC(=O)N[C@@H](CC2CCCCC2)C(=O)NCC(=O)N2CC(O)C[C@H]2C(=O)N[C@@H](CCc2ccccc2)C(=O)N1. The van der Waals surface area contributed by atoms with Gasteiger partial charge in [-0.1, -0.05) is 84.0 Å². The van der Waals surface area contributed by atoms with Gasteiger partial charge in [0, 0.05) is 24.5 Å². The molecule has 2 aliphatic heterocycles. The molecule has 12 N–H and O–H groups in total. The highest BCUT2D eigenvalue weighted by Crippen LogP contribution is 2.28. The highest BCUT2D eigenvalue weighted by atomic mass is 33.1. The third kappa shape index (κ3) is 15.3. The Kier molecular flexibility index (Phi) is 18.9. The van der Waals surface area contributed by atoms with Gasteiger partial charge in [-0.2, -0.15) is 0 Å². The zero-order valence-electron chi connectivity index (χ0n) is 33.1. The molecule has 0 spiro atoms. The molecular weight excluding hydrogens is 823 g/mol. The largest absolute Gasteiger partial charge is 0.481 e. The molecule has 0 bridgehead atoms. The number of amides is 8. The van der Waals surface area contributed by atoms with Gasteiger partial charge < -0.3 is 58.5 Å². The van der Waals surface area contributed by atoms with Crippen LogP contribution in [0.5, 0.6) is 0 Å². The maximum absolute atomic E-state index is 13.8. The Hall–Kier alpha value is -4.93. The second kappa shape index (κ2) is 23.8. The van der Waals surface area contributed by atoms with E-state index in [0.717, 1.165) is 64.2 Å². The highest BCUT2D eigenvalue weighted by molar-refractivity contribution is 8.76. The van der Waals surface area contributed by atoms with E-state index in [4.69, 9.17) is 11.5 Å². The van der Waals surface area contributed by atoms with E-state index >= 15 is 0 Å². The molecular formula is C38H55N9O11S2. The molecule has 0 radical (unpaired) electrons. The Labute approximate surface area is 355 Å². The number of aryl methyl sites for hydroxylation is 1. The fraction of sp³-hybridized carbons (Fsp3) is 0.605. The molecule has 3 fully saturated rings. The number of carboxylic acids is 1. The van der Waals surface area contributed by atoms with Gasteiger partial charge in [0.15, 0.2) is 0 Å². The first-order valence-electron chi connectivity index (χ1n) is 19.9. The number of hydrogen-bond donors (Lipinski definition) is 10. The lowest BCUT2D eigenvalue weighted by Crippen LogP contribution is -2.57. The number of nitrogens with zero attached hydrogens (tertiary/aromatic N) is 1. The summed E-state index contributed by atoms with van der Waals surface area (Å²) in [6, 6.07) is 1.42. The van der Waals surface area contributed by atoms with Crippen molar-refractivity contribution in [3.05, 3.63) is 35.9 Å². The lowest BCUT2D eigenvalue weighted by atomic mass is 9.84. The molecule has 22 heteroatoms. The summed E-state index contributed by atoms with van der Waals surface area (Å²) in [5, 5.41) is 35.0. The van der Waals surface area contributed by atoms with Crippen LogP contribution in [0.1, 0.15) is 63.4 Å². The fourth-order valence-electron chi connectivity index (χ4n) is 7.18. The van der Waals surface area contributed by atoms with E-state index in [1.54, 1.807) is 0 Å². The number of aliphatic hydroxyl groups excluding tert-OH is 1. The van der Waals surface area contributed by atoms with Gasteiger partial charge in [0.25, 0.3) is 0 Å². The van der Waals surface area contributed by atoms with E-state index in [9.17, 15) is 53.4 Å². The molecule has 1 aromatic carbocycles. The van der Waals surface area contributed by atoms with Gasteiger partial charge in [-0.3, -0.25) is 43.2 Å². The zero-order valence-corrected chi connectivity index (χ0v) is 34.7. The third-order valence-corrected chi connectivity index (χ3v) is 12.9. The standard InChI is InChI=1S/C38H55N9O11S2/c39-24-19-59-60-20-28(33(40)53)46-37(57)25(12-11-21-7-3-1-4-8-21)44-38(58)29-14-23(48)18-47(29)31(50)17-42-35(55)26(13-22-9-5-2-6-10-22)43-30(49)16-41-36(56)27(15-32(51)52)45-34(24)54/h1,3-4,7-8,22-29,48H,2,5-6,9-20,39H2,(H2,40,53)(H,41,56)(H,42,55)(H,43,49)(H,44,58)(H,45,54)(H,46,57)(H,51,52)/t23?,24-,25+,26+,27-,28-,29+/m1/s1. The lowest BCUT2D eigenvalue weighted by Gasteiger charge is -2.28. The fourth-order valence-corrected chi connectivity index (χ4v) is 9.48. The number of carbonyl (C=O) groups excluding carboxylic acids is 8. The highest BCUT2D eigenvalue weighted by Gasteiger charge is 2.40. The number of rotatable bonds is 8. The maximum Gasteiger partial charge on any atom is 0.305 e. The van der Waals surface area contributed by atoms with Crippen LogP contribution in [-0.2, 0) is 49.6 Å². The van der Waals surface area contributed by atoms with Crippen molar-refractivity contribution >= 4 is 74.8 Å². The van der Waals surface area contributed by atoms with E-state index in [2.05, 4.69) is 31.9 Å². The number of aliphatic hydroxyl groups is 1. The Balaban J connectivity index is 1.59. The smallest absolute Gasteiger partial charge is 0.305 e. The molecule has 0 aromatic heterocycles. The average molecular weight is 878 g/mol. The van der Waals surface area contributed by atoms with Crippen LogP contribution in [0.4, 0.5) is 0 Å². The number of carboxylic acid groups (broad SMARTS) is 1. The molecule has 7 atom stereocenters. The number of aliphatic carboxylic acids is 1. The van der Waals surface area contributed by atoms with Crippen molar-refractivity contribution in [2.45, 2.75) is 107 Å². The maximum atomic E-state index is 13.8. The van der Waals surface area contributed by atoms with Gasteiger partial charge in [0.05, 0.1) is 31.7 Å². The minimum absolute atomic E-state index is 0.0726. The normalized spacial score (nSPS) is 27.9. The summed E-state index contributed by atoms with van der Waals surface area (Å²) in [6.45, 7) is -1.51. The summed E-state index contributed by atoms with van der Waals surface area (Å²) in [7, 11) is 2.08. The Morgan fingerprint density at radius 3 is 2.10 bits per heavy atom. The molecule has 1 saturated carbocycles.